The van der Waals surface area contributed by atoms with Crippen LogP contribution in [0.1, 0.15) is 31.2 Å². The van der Waals surface area contributed by atoms with Crippen LogP contribution in [-0.2, 0) is 4.57 Å². The van der Waals surface area contributed by atoms with Gasteiger partial charge in [0.25, 0.3) is 0 Å². The molecular weight excluding hydrogens is 317 g/mol. The molecule has 7 heteroatoms. The Kier molecular flexibility index (Phi) is 5.42. The lowest BCUT2D eigenvalue weighted by atomic mass is 9.83. The summed E-state index contributed by atoms with van der Waals surface area (Å²) in [5, 5.41) is 19.1. The zero-order valence-electron chi connectivity index (χ0n) is 12.7. The first-order valence-corrected chi connectivity index (χ1v) is 8.88. The maximum absolute atomic E-state index is 11.2. The van der Waals surface area contributed by atoms with Crippen molar-refractivity contribution >= 4 is 13.5 Å². The summed E-state index contributed by atoms with van der Waals surface area (Å²) < 4.78 is 14.6. The second kappa shape index (κ2) is 7.13. The summed E-state index contributed by atoms with van der Waals surface area (Å²) >= 11 is 0. The summed E-state index contributed by atoms with van der Waals surface area (Å²) in [4.78, 5) is 18.1. The molecule has 0 heterocycles. The van der Waals surface area contributed by atoms with Crippen molar-refractivity contribution in [3.8, 4) is 5.75 Å². The summed E-state index contributed by atoms with van der Waals surface area (Å²) in [7, 11) is -4.53. The first-order valence-electron chi connectivity index (χ1n) is 7.32. The van der Waals surface area contributed by atoms with E-state index in [1.165, 1.54) is 12.2 Å². The number of hydrogen-bond acceptors (Lipinski definition) is 3. The summed E-state index contributed by atoms with van der Waals surface area (Å²) in [6.07, 6.45) is 5.71. The standard InChI is InChI=1S/C16H20NO5P/c1-2-11(12-3-5-14(18)6-4-12)9-13-10-15(19)7-8-16(13)17-23(20,21)22/h3-8,10-11,13,18-19H,2,9H2,1H3,(H2,20,21,22)/b17-16+. The second-order valence-electron chi connectivity index (χ2n) is 5.50. The lowest BCUT2D eigenvalue weighted by Crippen LogP contribution is -2.17. The highest BCUT2D eigenvalue weighted by atomic mass is 31.2. The van der Waals surface area contributed by atoms with Crippen LogP contribution in [0.25, 0.3) is 0 Å². The maximum atomic E-state index is 11.2. The quantitative estimate of drug-likeness (QED) is 0.615. The van der Waals surface area contributed by atoms with Crippen molar-refractivity contribution in [3.05, 3.63) is 53.8 Å². The topological polar surface area (TPSA) is 110 Å². The Balaban J connectivity index is 2.26. The Bertz CT molecular complexity index is 687. The average Bonchev–Trinajstić information content (AvgIpc) is 2.47. The van der Waals surface area contributed by atoms with Crippen LogP contribution in [0.15, 0.2) is 53.0 Å². The molecule has 0 spiro atoms. The molecule has 124 valence electrons. The Hall–Kier alpha value is -1.88. The molecule has 0 bridgehead atoms. The van der Waals surface area contributed by atoms with E-state index in [0.29, 0.717) is 6.42 Å². The van der Waals surface area contributed by atoms with E-state index in [0.717, 1.165) is 12.0 Å². The van der Waals surface area contributed by atoms with Gasteiger partial charge in [-0.2, -0.15) is 4.76 Å². The predicted octanol–water partition coefficient (Wildman–Crippen LogP) is 3.44. The molecule has 1 aromatic rings. The van der Waals surface area contributed by atoms with Crippen LogP contribution in [0.4, 0.5) is 0 Å². The highest BCUT2D eigenvalue weighted by Gasteiger charge is 2.24. The van der Waals surface area contributed by atoms with E-state index in [9.17, 15) is 14.8 Å². The highest BCUT2D eigenvalue weighted by Crippen LogP contribution is 2.39. The monoisotopic (exact) mass is 337 g/mol. The van der Waals surface area contributed by atoms with Gasteiger partial charge in [-0.25, -0.2) is 4.57 Å². The van der Waals surface area contributed by atoms with Gasteiger partial charge >= 0.3 is 7.75 Å². The molecular formula is C16H20NO5P. The molecule has 0 saturated carbocycles. The SMILES string of the molecule is CCC(CC1C=C(O)C=C/C1=N\P(=O)(O)O)c1ccc(O)cc1. The minimum atomic E-state index is -4.53. The van der Waals surface area contributed by atoms with Crippen LogP contribution < -0.4 is 0 Å². The number of aliphatic hydroxyl groups excluding tert-OH is 1. The summed E-state index contributed by atoms with van der Waals surface area (Å²) in [6.45, 7) is 2.01. The molecule has 0 aromatic heterocycles. The lowest BCUT2D eigenvalue weighted by Gasteiger charge is -2.23. The number of phenolic OH excluding ortho intramolecular Hbond substituents is 1. The van der Waals surface area contributed by atoms with Crippen molar-refractivity contribution in [3.63, 3.8) is 0 Å². The summed E-state index contributed by atoms with van der Waals surface area (Å²) in [5.41, 5.74) is 1.27. The van der Waals surface area contributed by atoms with Crippen molar-refractivity contribution in [1.82, 2.24) is 0 Å². The first kappa shape index (κ1) is 17.5. The van der Waals surface area contributed by atoms with Crippen molar-refractivity contribution in [2.75, 3.05) is 0 Å². The van der Waals surface area contributed by atoms with Crippen LogP contribution in [0.3, 0.4) is 0 Å². The fraction of sp³-hybridized carbons (Fsp3) is 0.312. The number of aromatic hydroxyl groups is 1. The molecule has 0 fully saturated rings. The number of benzene rings is 1. The normalized spacial score (nSPS) is 21.3. The van der Waals surface area contributed by atoms with E-state index in [4.69, 9.17) is 9.79 Å². The number of phenols is 1. The maximum Gasteiger partial charge on any atom is 0.448 e. The van der Waals surface area contributed by atoms with Gasteiger partial charge in [0, 0.05) is 5.92 Å². The molecule has 4 N–H and O–H groups in total. The van der Waals surface area contributed by atoms with Gasteiger partial charge in [0.15, 0.2) is 0 Å². The largest absolute Gasteiger partial charge is 0.508 e. The highest BCUT2D eigenvalue weighted by molar-refractivity contribution is 7.50. The minimum absolute atomic E-state index is 0.0558. The Morgan fingerprint density at radius 1 is 1.17 bits per heavy atom. The molecule has 1 aliphatic rings. The smallest absolute Gasteiger partial charge is 0.448 e. The molecule has 2 unspecified atom stereocenters. The van der Waals surface area contributed by atoms with Crippen molar-refractivity contribution in [2.24, 2.45) is 10.7 Å². The van der Waals surface area contributed by atoms with Gasteiger partial charge in [0.1, 0.15) is 11.5 Å². The van der Waals surface area contributed by atoms with E-state index in [2.05, 4.69) is 4.76 Å². The molecule has 0 saturated heterocycles. The Morgan fingerprint density at radius 2 is 1.83 bits per heavy atom. The number of aliphatic hydroxyl groups is 1. The van der Waals surface area contributed by atoms with E-state index < -0.39 is 7.75 Å². The Labute approximate surface area is 134 Å². The summed E-state index contributed by atoms with van der Waals surface area (Å²) in [6, 6.07) is 6.87. The van der Waals surface area contributed by atoms with Crippen LogP contribution in [0.2, 0.25) is 0 Å². The van der Waals surface area contributed by atoms with Gasteiger partial charge in [0.05, 0.1) is 5.71 Å². The van der Waals surface area contributed by atoms with Crippen LogP contribution >= 0.6 is 7.75 Å². The number of allylic oxidation sites excluding steroid dienone is 3. The third-order valence-electron chi connectivity index (χ3n) is 3.82. The zero-order valence-corrected chi connectivity index (χ0v) is 13.6. The Morgan fingerprint density at radius 3 is 2.39 bits per heavy atom. The zero-order chi connectivity index (χ0) is 17.0. The third-order valence-corrected chi connectivity index (χ3v) is 4.31. The second-order valence-corrected chi connectivity index (χ2v) is 6.73. The molecule has 0 aliphatic heterocycles. The van der Waals surface area contributed by atoms with E-state index in [-0.39, 0.29) is 29.1 Å². The van der Waals surface area contributed by atoms with Gasteiger partial charge in [-0.15, -0.1) is 0 Å². The van der Waals surface area contributed by atoms with Gasteiger partial charge in [-0.3, -0.25) is 0 Å². The van der Waals surface area contributed by atoms with Gasteiger partial charge in [0.2, 0.25) is 0 Å². The van der Waals surface area contributed by atoms with Crippen LogP contribution in [0, 0.1) is 5.92 Å². The molecule has 1 aliphatic carbocycles. The van der Waals surface area contributed by atoms with E-state index in [1.807, 2.05) is 19.1 Å². The van der Waals surface area contributed by atoms with E-state index >= 15 is 0 Å². The third kappa shape index (κ3) is 5.06. The summed E-state index contributed by atoms with van der Waals surface area (Å²) in [5.74, 6) is -0.0322. The van der Waals surface area contributed by atoms with Crippen LogP contribution in [0.5, 0.6) is 5.75 Å². The minimum Gasteiger partial charge on any atom is -0.508 e. The fourth-order valence-corrected chi connectivity index (χ4v) is 3.20. The molecule has 0 amide bonds. The van der Waals surface area contributed by atoms with E-state index in [1.54, 1.807) is 18.2 Å². The molecule has 6 nitrogen and oxygen atoms in total. The molecule has 1 aromatic carbocycles. The average molecular weight is 337 g/mol. The molecule has 0 radical (unpaired) electrons. The van der Waals surface area contributed by atoms with Gasteiger partial charge in [-0.05, 0) is 54.7 Å². The van der Waals surface area contributed by atoms with Gasteiger partial charge < -0.3 is 20.0 Å². The predicted molar refractivity (Wildman–Crippen MR) is 88.6 cm³/mol. The van der Waals surface area contributed by atoms with Crippen molar-refractivity contribution in [2.45, 2.75) is 25.7 Å². The molecule has 2 rings (SSSR count). The number of rotatable bonds is 5. The number of hydrogen-bond donors (Lipinski definition) is 4. The van der Waals surface area contributed by atoms with Crippen molar-refractivity contribution in [1.29, 1.82) is 0 Å². The van der Waals surface area contributed by atoms with Gasteiger partial charge in [-0.1, -0.05) is 19.1 Å². The first-order chi connectivity index (χ1) is 10.8. The molecule has 2 atom stereocenters. The fourth-order valence-electron chi connectivity index (χ4n) is 2.68. The molecule has 23 heavy (non-hydrogen) atoms. The lowest BCUT2D eigenvalue weighted by molar-refractivity contribution is 0.374. The number of nitrogens with zero attached hydrogens (tertiary/aromatic N) is 1. The van der Waals surface area contributed by atoms with Crippen LogP contribution in [-0.4, -0.2) is 25.7 Å². The van der Waals surface area contributed by atoms with Crippen molar-refractivity contribution < 1.29 is 24.6 Å².